The summed E-state index contributed by atoms with van der Waals surface area (Å²) >= 11 is 0. The molecule has 1 aromatic carbocycles. The highest BCUT2D eigenvalue weighted by molar-refractivity contribution is 6.06. The Morgan fingerprint density at radius 3 is 2.80 bits per heavy atom. The van der Waals surface area contributed by atoms with E-state index >= 15 is 0 Å². The summed E-state index contributed by atoms with van der Waals surface area (Å²) in [5, 5.41) is 6.85. The number of aromatic nitrogens is 1. The molecule has 0 spiro atoms. The van der Waals surface area contributed by atoms with Gasteiger partial charge in [-0.1, -0.05) is 17.3 Å². The van der Waals surface area contributed by atoms with Gasteiger partial charge in [0.25, 0.3) is 5.91 Å². The van der Waals surface area contributed by atoms with E-state index in [-0.39, 0.29) is 5.91 Å². The summed E-state index contributed by atoms with van der Waals surface area (Å²) in [6, 6.07) is 6.13. The van der Waals surface area contributed by atoms with Gasteiger partial charge in [0.2, 0.25) is 0 Å². The number of carbonyl (C=O) groups excluding carboxylic acids is 1. The highest BCUT2D eigenvalue weighted by Crippen LogP contribution is 2.28. The summed E-state index contributed by atoms with van der Waals surface area (Å²) in [5.41, 5.74) is 4.72. The molecule has 0 radical (unpaired) electrons. The van der Waals surface area contributed by atoms with Crippen LogP contribution in [0.25, 0.3) is 0 Å². The van der Waals surface area contributed by atoms with Gasteiger partial charge in [-0.05, 0) is 56.7 Å². The third-order valence-electron chi connectivity index (χ3n) is 3.90. The monoisotopic (exact) mass is 270 g/mol. The lowest BCUT2D eigenvalue weighted by Crippen LogP contribution is -2.16. The minimum absolute atomic E-state index is 0.139. The minimum atomic E-state index is -0.139. The van der Waals surface area contributed by atoms with E-state index in [9.17, 15) is 4.79 Å². The molecule has 0 saturated carbocycles. The molecule has 20 heavy (non-hydrogen) atoms. The second-order valence-electron chi connectivity index (χ2n) is 5.30. The molecule has 1 amide bonds. The predicted octanol–water partition coefficient (Wildman–Crippen LogP) is 3.42. The smallest absolute Gasteiger partial charge is 0.261 e. The number of benzene rings is 1. The van der Waals surface area contributed by atoms with Crippen LogP contribution in [0.4, 0.5) is 5.69 Å². The van der Waals surface area contributed by atoms with Gasteiger partial charge in [0.1, 0.15) is 11.3 Å². The highest BCUT2D eigenvalue weighted by Gasteiger charge is 2.20. The van der Waals surface area contributed by atoms with Crippen molar-refractivity contribution in [3.05, 3.63) is 46.3 Å². The van der Waals surface area contributed by atoms with Gasteiger partial charge in [-0.3, -0.25) is 4.79 Å². The van der Waals surface area contributed by atoms with Gasteiger partial charge in [0.05, 0.1) is 5.69 Å². The van der Waals surface area contributed by atoms with Crippen LogP contribution >= 0.6 is 0 Å². The third-order valence-corrected chi connectivity index (χ3v) is 3.90. The van der Waals surface area contributed by atoms with Gasteiger partial charge in [0.15, 0.2) is 0 Å². The third kappa shape index (κ3) is 2.22. The van der Waals surface area contributed by atoms with Gasteiger partial charge >= 0.3 is 0 Å². The topological polar surface area (TPSA) is 55.1 Å². The van der Waals surface area contributed by atoms with E-state index in [1.807, 2.05) is 12.1 Å². The van der Waals surface area contributed by atoms with Gasteiger partial charge in [-0.25, -0.2) is 0 Å². The number of nitrogens with zero attached hydrogens (tertiary/aromatic N) is 1. The highest BCUT2D eigenvalue weighted by atomic mass is 16.5. The largest absolute Gasteiger partial charge is 0.361 e. The quantitative estimate of drug-likeness (QED) is 0.909. The lowest BCUT2D eigenvalue weighted by atomic mass is 9.90. The molecule has 0 fully saturated rings. The zero-order chi connectivity index (χ0) is 14.1. The van der Waals surface area contributed by atoms with Gasteiger partial charge in [-0.15, -0.1) is 0 Å². The zero-order valence-corrected chi connectivity index (χ0v) is 11.8. The number of hydrogen-bond acceptors (Lipinski definition) is 3. The summed E-state index contributed by atoms with van der Waals surface area (Å²) in [5.74, 6) is 0.421. The summed E-state index contributed by atoms with van der Waals surface area (Å²) in [6.07, 6.45) is 4.55. The normalized spacial score (nSPS) is 13.9. The molecule has 1 N–H and O–H groups in total. The molecule has 4 nitrogen and oxygen atoms in total. The maximum absolute atomic E-state index is 12.4. The first-order valence-electron chi connectivity index (χ1n) is 7.02. The first-order valence-corrected chi connectivity index (χ1v) is 7.02. The Morgan fingerprint density at radius 1 is 1.25 bits per heavy atom. The van der Waals surface area contributed by atoms with Crippen molar-refractivity contribution in [2.75, 3.05) is 5.32 Å². The number of rotatable bonds is 2. The number of fused-ring (bicyclic) bond motifs is 1. The van der Waals surface area contributed by atoms with Crippen LogP contribution in [-0.4, -0.2) is 11.1 Å². The van der Waals surface area contributed by atoms with E-state index in [2.05, 4.69) is 16.5 Å². The average Bonchev–Trinajstić information content (AvgIpc) is 2.78. The van der Waals surface area contributed by atoms with Crippen molar-refractivity contribution in [1.29, 1.82) is 0 Å². The molecule has 4 heteroatoms. The number of carbonyl (C=O) groups is 1. The lowest BCUT2D eigenvalue weighted by Gasteiger charge is -2.19. The van der Waals surface area contributed by atoms with Gasteiger partial charge in [0, 0.05) is 5.69 Å². The van der Waals surface area contributed by atoms with Gasteiger partial charge < -0.3 is 9.84 Å². The van der Waals surface area contributed by atoms with E-state index in [1.54, 1.807) is 13.8 Å². The van der Waals surface area contributed by atoms with Crippen LogP contribution in [0.5, 0.6) is 0 Å². The molecule has 1 aliphatic carbocycles. The molecule has 1 heterocycles. The van der Waals surface area contributed by atoms with E-state index < -0.39 is 0 Å². The van der Waals surface area contributed by atoms with Crippen LogP contribution in [0, 0.1) is 13.8 Å². The first kappa shape index (κ1) is 12.9. The van der Waals surface area contributed by atoms with E-state index in [4.69, 9.17) is 4.52 Å². The van der Waals surface area contributed by atoms with Crippen molar-refractivity contribution in [1.82, 2.24) is 5.16 Å². The standard InChI is InChI=1S/C16H18N2O2/c1-10-15(11(2)20-18-10)16(19)17-14-9-5-7-12-6-3-4-8-13(12)14/h5,7,9H,3-4,6,8H2,1-2H3,(H,17,19). The molecule has 3 rings (SSSR count). The van der Waals surface area contributed by atoms with Crippen molar-refractivity contribution in [3.8, 4) is 0 Å². The number of aryl methyl sites for hydroxylation is 3. The fraction of sp³-hybridized carbons (Fsp3) is 0.375. The lowest BCUT2D eigenvalue weighted by molar-refractivity contribution is 0.102. The maximum Gasteiger partial charge on any atom is 0.261 e. The molecule has 2 aromatic rings. The number of nitrogens with one attached hydrogen (secondary N) is 1. The molecule has 1 aliphatic rings. The summed E-state index contributed by atoms with van der Waals surface area (Å²) in [7, 11) is 0. The van der Waals surface area contributed by atoms with Crippen molar-refractivity contribution >= 4 is 11.6 Å². The number of hydrogen-bond donors (Lipinski definition) is 1. The van der Waals surface area contributed by atoms with E-state index in [0.29, 0.717) is 17.0 Å². The molecule has 0 aliphatic heterocycles. The number of anilines is 1. The van der Waals surface area contributed by atoms with Crippen LogP contribution in [0.1, 0.15) is 45.8 Å². The van der Waals surface area contributed by atoms with Crippen LogP contribution in [0.15, 0.2) is 22.7 Å². The molecule has 1 aromatic heterocycles. The Kier molecular flexibility index (Phi) is 3.30. The maximum atomic E-state index is 12.4. The Balaban J connectivity index is 1.90. The first-order chi connectivity index (χ1) is 9.66. The van der Waals surface area contributed by atoms with Crippen LogP contribution in [0.2, 0.25) is 0 Å². The fourth-order valence-electron chi connectivity index (χ4n) is 2.89. The minimum Gasteiger partial charge on any atom is -0.361 e. The van der Waals surface area contributed by atoms with Crippen molar-refractivity contribution in [2.45, 2.75) is 39.5 Å². The summed E-state index contributed by atoms with van der Waals surface area (Å²) in [6.45, 7) is 3.54. The fourth-order valence-corrected chi connectivity index (χ4v) is 2.89. The zero-order valence-electron chi connectivity index (χ0n) is 11.8. The molecule has 0 atom stereocenters. The van der Waals surface area contributed by atoms with Crippen LogP contribution in [-0.2, 0) is 12.8 Å². The second-order valence-corrected chi connectivity index (χ2v) is 5.30. The van der Waals surface area contributed by atoms with Crippen LogP contribution < -0.4 is 5.32 Å². The Labute approximate surface area is 118 Å². The predicted molar refractivity (Wildman–Crippen MR) is 77.0 cm³/mol. The Morgan fingerprint density at radius 2 is 2.05 bits per heavy atom. The van der Waals surface area contributed by atoms with Crippen molar-refractivity contribution in [2.24, 2.45) is 0 Å². The van der Waals surface area contributed by atoms with E-state index in [0.717, 1.165) is 18.5 Å². The summed E-state index contributed by atoms with van der Waals surface area (Å²) in [4.78, 5) is 12.4. The number of amides is 1. The van der Waals surface area contributed by atoms with Gasteiger partial charge in [-0.2, -0.15) is 0 Å². The molecule has 0 saturated heterocycles. The second kappa shape index (κ2) is 5.12. The Hall–Kier alpha value is -2.10. The molecular weight excluding hydrogens is 252 g/mol. The molecule has 104 valence electrons. The molecular formula is C16H18N2O2. The molecule has 0 unspecified atom stereocenters. The Bertz CT molecular complexity index is 639. The van der Waals surface area contributed by atoms with E-state index in [1.165, 1.54) is 24.0 Å². The van der Waals surface area contributed by atoms with Crippen LogP contribution in [0.3, 0.4) is 0 Å². The molecule has 0 bridgehead atoms. The van der Waals surface area contributed by atoms with Crippen molar-refractivity contribution < 1.29 is 9.32 Å². The average molecular weight is 270 g/mol. The summed E-state index contributed by atoms with van der Waals surface area (Å²) < 4.78 is 5.06. The van der Waals surface area contributed by atoms with Crippen molar-refractivity contribution in [3.63, 3.8) is 0 Å². The SMILES string of the molecule is Cc1noc(C)c1C(=O)Nc1cccc2c1CCCC2.